The molecule has 2 aliphatic heterocycles. The van der Waals surface area contributed by atoms with Crippen LogP contribution in [0.2, 0.25) is 0 Å². The summed E-state index contributed by atoms with van der Waals surface area (Å²) in [6.07, 6.45) is -0.00714. The van der Waals surface area contributed by atoms with Gasteiger partial charge in [-0.2, -0.15) is 9.98 Å². The van der Waals surface area contributed by atoms with Gasteiger partial charge in [-0.15, -0.1) is 0 Å². The number of hydrogen-bond donors (Lipinski definition) is 1. The van der Waals surface area contributed by atoms with Crippen LogP contribution in [0, 0.1) is 0 Å². The van der Waals surface area contributed by atoms with E-state index in [4.69, 9.17) is 24.2 Å². The van der Waals surface area contributed by atoms with E-state index in [0.29, 0.717) is 25.0 Å². The van der Waals surface area contributed by atoms with Crippen LogP contribution < -0.4 is 5.32 Å². The zero-order valence-electron chi connectivity index (χ0n) is 32.3. The van der Waals surface area contributed by atoms with E-state index in [9.17, 15) is 14.4 Å². The van der Waals surface area contributed by atoms with Crippen molar-refractivity contribution < 1.29 is 28.6 Å². The van der Waals surface area contributed by atoms with Gasteiger partial charge in [-0.3, -0.25) is 15.3 Å². The number of nitrogens with one attached hydrogen (secondary N) is 1. The minimum atomic E-state index is -0.798. The Hall–Kier alpha value is -5.45. The molecule has 278 valence electrons. The van der Waals surface area contributed by atoms with Crippen LogP contribution in [0.15, 0.2) is 80.6 Å². The van der Waals surface area contributed by atoms with Gasteiger partial charge in [0.25, 0.3) is 0 Å². The average molecular weight is 720 g/mol. The van der Waals surface area contributed by atoms with E-state index in [1.165, 1.54) is 0 Å². The van der Waals surface area contributed by atoms with Crippen LogP contribution in [0.1, 0.15) is 103 Å². The minimum Gasteiger partial charge on any atom is -0.444 e. The molecule has 5 rings (SSSR count). The van der Waals surface area contributed by atoms with Crippen molar-refractivity contribution in [1.82, 2.24) is 5.32 Å². The first-order chi connectivity index (χ1) is 24.7. The molecule has 3 aromatic rings. The summed E-state index contributed by atoms with van der Waals surface area (Å²) >= 11 is 0. The first-order valence-corrected chi connectivity index (χ1v) is 17.8. The Balaban J connectivity index is 1.22. The van der Waals surface area contributed by atoms with Gasteiger partial charge in [0.15, 0.2) is 0 Å². The third-order valence-electron chi connectivity index (χ3n) is 7.84. The first kappa shape index (κ1) is 38.8. The number of hydrogen-bond acceptors (Lipinski definition) is 8. The van der Waals surface area contributed by atoms with Gasteiger partial charge in [-0.25, -0.2) is 14.4 Å². The van der Waals surface area contributed by atoms with Crippen molar-refractivity contribution in [2.45, 2.75) is 112 Å². The highest BCUT2D eigenvalue weighted by molar-refractivity contribution is 6.09. The van der Waals surface area contributed by atoms with Gasteiger partial charge < -0.3 is 14.2 Å². The molecule has 11 heteroatoms. The maximum Gasteiger partial charge on any atom is 0.435 e. The Morgan fingerprint density at radius 2 is 1.06 bits per heavy atom. The fraction of sp³-hybridized carbons (Fsp3) is 0.405. The highest BCUT2D eigenvalue weighted by Gasteiger charge is 2.23. The molecule has 0 atom stereocenters. The third-order valence-corrected chi connectivity index (χ3v) is 7.84. The standard InChI is InChI=1S/C42H49N5O6/c1-25(43-37(48)51-40(2,3)4)19-26-11-17-32-30(20-26)23-34(44-32)28-13-15-29(16-14-28)35-24-31-21-27(12-18-33(31)45-35)22-36(46-38(49)52-41(5,6)7)47-39(50)53-42(8,9)10/h11-18,20-21H,19,22-24H2,1-10H3,(H,46,47,49,50). The molecule has 3 aromatic carbocycles. The lowest BCUT2D eigenvalue weighted by Gasteiger charge is -2.21. The van der Waals surface area contributed by atoms with Crippen LogP contribution >= 0.6 is 0 Å². The molecular weight excluding hydrogens is 670 g/mol. The summed E-state index contributed by atoms with van der Waals surface area (Å²) in [4.78, 5) is 55.2. The van der Waals surface area contributed by atoms with E-state index in [1.807, 2.05) is 58.0 Å². The minimum absolute atomic E-state index is 0.124. The summed E-state index contributed by atoms with van der Waals surface area (Å²) in [5, 5.41) is 2.63. The first-order valence-electron chi connectivity index (χ1n) is 17.8. The van der Waals surface area contributed by atoms with Gasteiger partial charge in [0, 0.05) is 31.4 Å². The fourth-order valence-electron chi connectivity index (χ4n) is 5.81. The second-order valence-electron chi connectivity index (χ2n) is 16.3. The quantitative estimate of drug-likeness (QED) is 0.153. The van der Waals surface area contributed by atoms with Crippen molar-refractivity contribution in [3.8, 4) is 0 Å². The van der Waals surface area contributed by atoms with Crippen molar-refractivity contribution in [3.63, 3.8) is 0 Å². The van der Waals surface area contributed by atoms with E-state index < -0.39 is 35.1 Å². The lowest BCUT2D eigenvalue weighted by atomic mass is 9.98. The summed E-state index contributed by atoms with van der Waals surface area (Å²) in [6, 6.07) is 20.4. The Morgan fingerprint density at radius 1 is 0.623 bits per heavy atom. The van der Waals surface area contributed by atoms with Crippen molar-refractivity contribution in [3.05, 3.63) is 94.0 Å². The van der Waals surface area contributed by atoms with Gasteiger partial charge in [-0.05, 0) is 115 Å². The largest absolute Gasteiger partial charge is 0.444 e. The fourth-order valence-corrected chi connectivity index (χ4v) is 5.81. The summed E-state index contributed by atoms with van der Waals surface area (Å²) < 4.78 is 16.1. The molecule has 0 fully saturated rings. The van der Waals surface area contributed by atoms with Crippen LogP contribution in [0.3, 0.4) is 0 Å². The zero-order chi connectivity index (χ0) is 38.7. The highest BCUT2D eigenvalue weighted by atomic mass is 16.6. The zero-order valence-corrected chi connectivity index (χ0v) is 32.3. The van der Waals surface area contributed by atoms with E-state index in [1.54, 1.807) is 41.5 Å². The molecule has 0 unspecified atom stereocenters. The van der Waals surface area contributed by atoms with Gasteiger partial charge in [0.1, 0.15) is 22.6 Å². The molecule has 0 aromatic heterocycles. The van der Waals surface area contributed by atoms with Crippen LogP contribution in [0.4, 0.5) is 25.8 Å². The van der Waals surface area contributed by atoms with E-state index >= 15 is 0 Å². The van der Waals surface area contributed by atoms with E-state index in [-0.39, 0.29) is 12.3 Å². The maximum absolute atomic E-state index is 12.6. The molecule has 2 heterocycles. The molecule has 0 saturated carbocycles. The highest BCUT2D eigenvalue weighted by Crippen LogP contribution is 2.32. The van der Waals surface area contributed by atoms with Crippen LogP contribution in [0.25, 0.3) is 0 Å². The number of amidine groups is 1. The molecule has 53 heavy (non-hydrogen) atoms. The van der Waals surface area contributed by atoms with Gasteiger partial charge in [0.05, 0.1) is 22.8 Å². The lowest BCUT2D eigenvalue weighted by molar-refractivity contribution is 0.0557. The summed E-state index contributed by atoms with van der Waals surface area (Å²) in [6.45, 7) is 17.8. The number of carbonyl (C=O) groups excluding carboxylic acids is 3. The monoisotopic (exact) mass is 719 g/mol. The maximum atomic E-state index is 12.6. The van der Waals surface area contributed by atoms with Crippen molar-refractivity contribution in [2.24, 2.45) is 20.0 Å². The number of fused-ring (bicyclic) bond motifs is 2. The summed E-state index contributed by atoms with van der Waals surface area (Å²) in [7, 11) is 0. The molecule has 0 spiro atoms. The Kier molecular flexibility index (Phi) is 11.2. The number of amides is 3. The second-order valence-corrected chi connectivity index (χ2v) is 16.3. The number of ether oxygens (including phenoxy) is 3. The Morgan fingerprint density at radius 3 is 1.51 bits per heavy atom. The number of rotatable bonds is 6. The molecule has 2 aliphatic rings. The second kappa shape index (κ2) is 15.3. The number of carbonyl (C=O) groups is 3. The molecule has 1 N–H and O–H groups in total. The van der Waals surface area contributed by atoms with E-state index in [2.05, 4.69) is 45.6 Å². The van der Waals surface area contributed by atoms with Crippen molar-refractivity contribution in [2.75, 3.05) is 0 Å². The molecule has 0 bridgehead atoms. The predicted octanol–water partition coefficient (Wildman–Crippen LogP) is 9.38. The molecule has 0 aliphatic carbocycles. The normalized spacial score (nSPS) is 14.5. The van der Waals surface area contributed by atoms with Crippen LogP contribution in [0.5, 0.6) is 0 Å². The summed E-state index contributed by atoms with van der Waals surface area (Å²) in [5.74, 6) is 0.124. The van der Waals surface area contributed by atoms with E-state index in [0.717, 1.165) is 56.2 Å². The van der Waals surface area contributed by atoms with Gasteiger partial charge >= 0.3 is 18.3 Å². The third kappa shape index (κ3) is 11.5. The molecule has 0 saturated heterocycles. The number of aliphatic imine (C=N–C) groups is 4. The predicted molar refractivity (Wildman–Crippen MR) is 209 cm³/mol. The molecular formula is C42H49N5O6. The van der Waals surface area contributed by atoms with Crippen LogP contribution in [-0.4, -0.2) is 58.1 Å². The number of alkyl carbamates (subject to hydrolysis) is 1. The molecule has 0 radical (unpaired) electrons. The number of benzene rings is 3. The van der Waals surface area contributed by atoms with Crippen molar-refractivity contribution in [1.29, 1.82) is 0 Å². The number of nitrogens with zero attached hydrogens (tertiary/aromatic N) is 4. The Bertz CT molecular complexity index is 2040. The molecule has 3 amide bonds. The smallest absolute Gasteiger partial charge is 0.435 e. The topological polar surface area (TPSA) is 140 Å². The lowest BCUT2D eigenvalue weighted by Crippen LogP contribution is -2.38. The van der Waals surface area contributed by atoms with Gasteiger partial charge in [0.2, 0.25) is 0 Å². The SMILES string of the molecule is CC(Cc1ccc2c(c1)CC(c1ccc(C3=Nc4ccc(CC(=NC(=O)OC(C)(C)C)NC(=O)OC(C)(C)C)cc4C3)cc1)=N2)=NC(=O)OC(C)(C)C. The van der Waals surface area contributed by atoms with Crippen LogP contribution in [-0.2, 0) is 39.9 Å². The average Bonchev–Trinajstić information content (AvgIpc) is 3.62. The molecule has 11 nitrogen and oxygen atoms in total. The van der Waals surface area contributed by atoms with Gasteiger partial charge in [-0.1, -0.05) is 48.5 Å². The summed E-state index contributed by atoms with van der Waals surface area (Å²) in [5.41, 5.74) is 8.55. The Labute approximate surface area is 311 Å². The van der Waals surface area contributed by atoms with Crippen molar-refractivity contribution >= 4 is 52.6 Å².